The topological polar surface area (TPSA) is 85.3 Å². The fraction of sp³-hybridized carbons (Fsp3) is 0.214. The van der Waals surface area contributed by atoms with Crippen LogP contribution in [0.5, 0.6) is 17.2 Å². The Hall–Kier alpha value is -4.47. The van der Waals surface area contributed by atoms with Gasteiger partial charge in [-0.1, -0.05) is 12.1 Å². The Morgan fingerprint density at radius 2 is 1.42 bits per heavy atom. The zero-order valence-corrected chi connectivity index (χ0v) is 20.7. The molecule has 3 aromatic rings. The van der Waals surface area contributed by atoms with E-state index in [1.165, 1.54) is 19.2 Å². The first kappa shape index (κ1) is 26.6. The number of rotatable bonds is 7. The van der Waals surface area contributed by atoms with Crippen LogP contribution in [-0.4, -0.2) is 36.4 Å². The number of carbonyl (C=O) groups is 2. The molecular weight excluding hydrogens is 503 g/mol. The second-order valence-electron chi connectivity index (χ2n) is 8.67. The molecule has 0 saturated carbocycles. The molecule has 1 aliphatic rings. The molecular formula is C28H24F3NO6. The van der Waals surface area contributed by atoms with Crippen LogP contribution in [0.3, 0.4) is 0 Å². The van der Waals surface area contributed by atoms with E-state index in [0.29, 0.717) is 17.1 Å². The molecule has 1 saturated heterocycles. The van der Waals surface area contributed by atoms with Gasteiger partial charge in [-0.25, -0.2) is 0 Å². The van der Waals surface area contributed by atoms with Gasteiger partial charge in [-0.2, -0.15) is 0 Å². The molecule has 1 amide bonds. The number of amides is 1. The van der Waals surface area contributed by atoms with Crippen LogP contribution < -0.4 is 19.1 Å². The summed E-state index contributed by atoms with van der Waals surface area (Å²) in [5, 5.41) is 11.2. The first-order valence-electron chi connectivity index (χ1n) is 11.6. The summed E-state index contributed by atoms with van der Waals surface area (Å²) in [6.07, 6.45) is -4.95. The monoisotopic (exact) mass is 527 g/mol. The van der Waals surface area contributed by atoms with Crippen LogP contribution in [0.1, 0.15) is 31.0 Å². The molecule has 1 heterocycles. The first-order valence-corrected chi connectivity index (χ1v) is 11.6. The third-order valence-corrected chi connectivity index (χ3v) is 5.72. The second kappa shape index (κ2) is 10.5. The van der Waals surface area contributed by atoms with Crippen molar-refractivity contribution in [3.8, 4) is 17.2 Å². The van der Waals surface area contributed by atoms with Crippen LogP contribution in [0.15, 0.2) is 78.4 Å². The lowest BCUT2D eigenvalue weighted by Crippen LogP contribution is -2.29. The van der Waals surface area contributed by atoms with Gasteiger partial charge < -0.3 is 19.3 Å². The van der Waals surface area contributed by atoms with Gasteiger partial charge in [0.05, 0.1) is 24.8 Å². The number of hydrogen-bond donors (Lipinski definition) is 1. The van der Waals surface area contributed by atoms with Gasteiger partial charge in [0.1, 0.15) is 23.0 Å². The number of aliphatic hydroxyl groups excluding tert-OH is 1. The highest BCUT2D eigenvalue weighted by atomic mass is 19.4. The normalized spacial score (nSPS) is 17.1. The van der Waals surface area contributed by atoms with Gasteiger partial charge in [0.25, 0.3) is 11.7 Å². The maximum Gasteiger partial charge on any atom is 0.573 e. The summed E-state index contributed by atoms with van der Waals surface area (Å²) >= 11 is 0. The molecule has 0 aliphatic carbocycles. The average molecular weight is 527 g/mol. The molecule has 1 unspecified atom stereocenters. The average Bonchev–Trinajstić information content (AvgIpc) is 3.13. The van der Waals surface area contributed by atoms with Gasteiger partial charge in [0.2, 0.25) is 0 Å². The lowest BCUT2D eigenvalue weighted by atomic mass is 9.95. The summed E-state index contributed by atoms with van der Waals surface area (Å²) in [7, 11) is 1.48. The number of halogens is 3. The fourth-order valence-electron chi connectivity index (χ4n) is 4.13. The van der Waals surface area contributed by atoms with Crippen molar-refractivity contribution >= 4 is 23.1 Å². The fourth-order valence-corrected chi connectivity index (χ4v) is 4.13. The predicted molar refractivity (Wildman–Crippen MR) is 133 cm³/mol. The Bertz CT molecular complexity index is 1350. The van der Waals surface area contributed by atoms with Crippen molar-refractivity contribution in [1.82, 2.24) is 0 Å². The Morgan fingerprint density at radius 3 is 1.95 bits per heavy atom. The van der Waals surface area contributed by atoms with E-state index in [1.807, 2.05) is 13.8 Å². The van der Waals surface area contributed by atoms with Crippen LogP contribution >= 0.6 is 0 Å². The number of benzene rings is 3. The van der Waals surface area contributed by atoms with Crippen LogP contribution in [0, 0.1) is 0 Å². The molecule has 198 valence electrons. The van der Waals surface area contributed by atoms with E-state index in [2.05, 4.69) is 4.74 Å². The summed E-state index contributed by atoms with van der Waals surface area (Å²) in [5.74, 6) is -1.69. The number of ether oxygens (including phenoxy) is 3. The highest BCUT2D eigenvalue weighted by Crippen LogP contribution is 2.43. The molecule has 0 radical (unpaired) electrons. The van der Waals surface area contributed by atoms with E-state index in [-0.39, 0.29) is 22.9 Å². The first-order chi connectivity index (χ1) is 18.0. The van der Waals surface area contributed by atoms with Crippen molar-refractivity contribution in [2.24, 2.45) is 0 Å². The number of alkyl halides is 3. The molecule has 7 nitrogen and oxygen atoms in total. The maximum atomic E-state index is 13.2. The van der Waals surface area contributed by atoms with E-state index >= 15 is 0 Å². The number of hydrogen-bond acceptors (Lipinski definition) is 6. The second-order valence-corrected chi connectivity index (χ2v) is 8.67. The van der Waals surface area contributed by atoms with Gasteiger partial charge in [-0.15, -0.1) is 13.2 Å². The number of methoxy groups -OCH3 is 1. The van der Waals surface area contributed by atoms with Crippen molar-refractivity contribution in [2.45, 2.75) is 32.4 Å². The summed E-state index contributed by atoms with van der Waals surface area (Å²) in [6.45, 7) is 3.73. The number of anilines is 1. The van der Waals surface area contributed by atoms with Crippen molar-refractivity contribution in [1.29, 1.82) is 0 Å². The quantitative estimate of drug-likeness (QED) is 0.230. The van der Waals surface area contributed by atoms with Gasteiger partial charge in [0.15, 0.2) is 0 Å². The summed E-state index contributed by atoms with van der Waals surface area (Å²) in [6, 6.07) is 16.4. The SMILES string of the molecule is COc1ccc(C2/C(=C(\O)c3ccc(OC(C)C)cc3)C(=O)C(=O)N2c2ccc(OC(F)(F)F)cc2)cc1. The van der Waals surface area contributed by atoms with E-state index < -0.39 is 35.6 Å². The number of ketones is 1. The zero-order chi connectivity index (χ0) is 27.6. The Kier molecular flexibility index (Phi) is 7.34. The van der Waals surface area contributed by atoms with Crippen molar-refractivity contribution in [3.05, 3.63) is 89.5 Å². The smallest absolute Gasteiger partial charge is 0.507 e. The lowest BCUT2D eigenvalue weighted by molar-refractivity contribution is -0.274. The molecule has 1 aliphatic heterocycles. The minimum absolute atomic E-state index is 0.0669. The molecule has 1 fully saturated rings. The zero-order valence-electron chi connectivity index (χ0n) is 20.7. The highest BCUT2D eigenvalue weighted by molar-refractivity contribution is 6.51. The van der Waals surface area contributed by atoms with E-state index in [1.54, 1.807) is 48.5 Å². The van der Waals surface area contributed by atoms with Gasteiger partial charge >= 0.3 is 6.36 Å². The summed E-state index contributed by atoms with van der Waals surface area (Å²) in [4.78, 5) is 27.6. The highest BCUT2D eigenvalue weighted by Gasteiger charge is 2.47. The van der Waals surface area contributed by atoms with Crippen molar-refractivity contribution < 1.29 is 42.1 Å². The van der Waals surface area contributed by atoms with E-state index in [4.69, 9.17) is 9.47 Å². The van der Waals surface area contributed by atoms with Crippen LogP contribution in [0.25, 0.3) is 5.76 Å². The molecule has 0 aromatic heterocycles. The Balaban J connectivity index is 1.81. The molecule has 38 heavy (non-hydrogen) atoms. The van der Waals surface area contributed by atoms with E-state index in [9.17, 15) is 27.9 Å². The molecule has 0 spiro atoms. The van der Waals surface area contributed by atoms with E-state index in [0.717, 1.165) is 17.0 Å². The molecule has 1 N–H and O–H groups in total. The molecule has 1 atom stereocenters. The maximum absolute atomic E-state index is 13.2. The minimum Gasteiger partial charge on any atom is -0.507 e. The molecule has 0 bridgehead atoms. The minimum atomic E-state index is -4.88. The third-order valence-electron chi connectivity index (χ3n) is 5.72. The third kappa shape index (κ3) is 5.59. The lowest BCUT2D eigenvalue weighted by Gasteiger charge is -2.26. The number of carbonyl (C=O) groups excluding carboxylic acids is 2. The number of aliphatic hydroxyl groups is 1. The summed E-state index contributed by atoms with van der Waals surface area (Å²) in [5.41, 5.74) is 0.726. The van der Waals surface area contributed by atoms with Crippen molar-refractivity contribution in [3.63, 3.8) is 0 Å². The number of nitrogens with zero attached hydrogens (tertiary/aromatic N) is 1. The standard InChI is InChI=1S/C28H24F3NO6/c1-16(2)37-21-12-6-18(7-13-21)25(33)23-24(17-4-10-20(36-3)11-5-17)32(27(35)26(23)34)19-8-14-22(15-9-19)38-28(29,30)31/h4-16,24,33H,1-3H3/b25-23+. The van der Waals surface area contributed by atoms with Crippen LogP contribution in [-0.2, 0) is 9.59 Å². The Labute approximate surface area is 216 Å². The van der Waals surface area contributed by atoms with Crippen LogP contribution in [0.4, 0.5) is 18.9 Å². The summed E-state index contributed by atoms with van der Waals surface area (Å²) < 4.78 is 52.5. The van der Waals surface area contributed by atoms with Crippen molar-refractivity contribution in [2.75, 3.05) is 12.0 Å². The van der Waals surface area contributed by atoms with Gasteiger partial charge in [-0.05, 0) is 80.1 Å². The van der Waals surface area contributed by atoms with Crippen LogP contribution in [0.2, 0.25) is 0 Å². The predicted octanol–water partition coefficient (Wildman–Crippen LogP) is 6.01. The Morgan fingerprint density at radius 1 is 0.868 bits per heavy atom. The molecule has 10 heteroatoms. The van der Waals surface area contributed by atoms with Gasteiger partial charge in [-0.3, -0.25) is 14.5 Å². The largest absolute Gasteiger partial charge is 0.573 e. The molecule has 4 rings (SSSR count). The molecule has 3 aromatic carbocycles. The van der Waals surface area contributed by atoms with Gasteiger partial charge in [0, 0.05) is 11.3 Å². The number of Topliss-reactive ketones (excluding diaryl/α,β-unsaturated/α-hetero) is 1.